The molecule has 0 bridgehead atoms. The number of hydrogen-bond acceptors (Lipinski definition) is 3. The molecule has 0 radical (unpaired) electrons. The van der Waals surface area contributed by atoms with Gasteiger partial charge in [-0.15, -0.1) is 11.8 Å². The van der Waals surface area contributed by atoms with Crippen LogP contribution in [0.15, 0.2) is 64.1 Å². The SMILES string of the molecule is NCc1ccc(SCc2ccco2)c2ccccc12. The topological polar surface area (TPSA) is 39.2 Å². The predicted molar refractivity (Wildman–Crippen MR) is 80.1 cm³/mol. The Labute approximate surface area is 116 Å². The second-order valence-electron chi connectivity index (χ2n) is 4.34. The highest BCUT2D eigenvalue weighted by Gasteiger charge is 2.06. The molecule has 19 heavy (non-hydrogen) atoms. The van der Waals surface area contributed by atoms with Crippen molar-refractivity contribution in [1.82, 2.24) is 0 Å². The lowest BCUT2D eigenvalue weighted by Gasteiger charge is -2.09. The number of thioether (sulfide) groups is 1. The fourth-order valence-corrected chi connectivity index (χ4v) is 3.14. The zero-order valence-electron chi connectivity index (χ0n) is 10.5. The van der Waals surface area contributed by atoms with Crippen molar-refractivity contribution in [2.45, 2.75) is 17.2 Å². The van der Waals surface area contributed by atoms with Crippen molar-refractivity contribution >= 4 is 22.5 Å². The van der Waals surface area contributed by atoms with E-state index in [0.717, 1.165) is 11.5 Å². The first kappa shape index (κ1) is 12.3. The van der Waals surface area contributed by atoms with Crippen molar-refractivity contribution in [2.24, 2.45) is 5.73 Å². The maximum absolute atomic E-state index is 5.80. The minimum atomic E-state index is 0.573. The van der Waals surface area contributed by atoms with Gasteiger partial charge in [0.2, 0.25) is 0 Å². The second-order valence-corrected chi connectivity index (χ2v) is 5.36. The highest BCUT2D eigenvalue weighted by molar-refractivity contribution is 7.98. The summed E-state index contributed by atoms with van der Waals surface area (Å²) in [5.74, 6) is 1.84. The van der Waals surface area contributed by atoms with Gasteiger partial charge in [0.15, 0.2) is 0 Å². The highest BCUT2D eigenvalue weighted by Crippen LogP contribution is 2.32. The van der Waals surface area contributed by atoms with E-state index in [1.165, 1.54) is 21.2 Å². The molecule has 0 saturated heterocycles. The fraction of sp³-hybridized carbons (Fsp3) is 0.125. The maximum atomic E-state index is 5.80. The first-order valence-electron chi connectivity index (χ1n) is 6.24. The lowest BCUT2D eigenvalue weighted by Crippen LogP contribution is -1.97. The Bertz CT molecular complexity index is 676. The minimum absolute atomic E-state index is 0.573. The van der Waals surface area contributed by atoms with Crippen LogP contribution >= 0.6 is 11.8 Å². The smallest absolute Gasteiger partial charge is 0.113 e. The second kappa shape index (κ2) is 5.51. The summed E-state index contributed by atoms with van der Waals surface area (Å²) in [6.07, 6.45) is 1.71. The van der Waals surface area contributed by atoms with E-state index in [0.29, 0.717) is 6.54 Å². The monoisotopic (exact) mass is 269 g/mol. The van der Waals surface area contributed by atoms with Gasteiger partial charge in [0.25, 0.3) is 0 Å². The third kappa shape index (κ3) is 2.53. The summed E-state index contributed by atoms with van der Waals surface area (Å²) >= 11 is 1.79. The molecule has 3 aromatic rings. The Morgan fingerprint density at radius 3 is 2.53 bits per heavy atom. The largest absolute Gasteiger partial charge is 0.468 e. The zero-order chi connectivity index (χ0) is 13.1. The van der Waals surface area contributed by atoms with Gasteiger partial charge in [-0.05, 0) is 34.5 Å². The molecule has 1 aromatic heterocycles. The van der Waals surface area contributed by atoms with Crippen LogP contribution in [0.1, 0.15) is 11.3 Å². The maximum Gasteiger partial charge on any atom is 0.113 e. The van der Waals surface area contributed by atoms with E-state index in [-0.39, 0.29) is 0 Å². The average Bonchev–Trinajstić information content (AvgIpc) is 2.98. The molecule has 96 valence electrons. The van der Waals surface area contributed by atoms with E-state index in [4.69, 9.17) is 10.2 Å². The third-order valence-electron chi connectivity index (χ3n) is 3.14. The van der Waals surface area contributed by atoms with Gasteiger partial charge < -0.3 is 10.2 Å². The van der Waals surface area contributed by atoms with Crippen LogP contribution in [0, 0.1) is 0 Å². The molecule has 2 nitrogen and oxygen atoms in total. The number of nitrogens with two attached hydrogens (primary N) is 1. The van der Waals surface area contributed by atoms with Gasteiger partial charge in [0, 0.05) is 11.4 Å². The van der Waals surface area contributed by atoms with Crippen LogP contribution in [0.4, 0.5) is 0 Å². The first-order valence-corrected chi connectivity index (χ1v) is 7.23. The summed E-state index contributed by atoms with van der Waals surface area (Å²) in [4.78, 5) is 1.27. The van der Waals surface area contributed by atoms with E-state index < -0.39 is 0 Å². The van der Waals surface area contributed by atoms with Crippen LogP contribution in [0.2, 0.25) is 0 Å². The van der Waals surface area contributed by atoms with Crippen molar-refractivity contribution in [3.63, 3.8) is 0 Å². The van der Waals surface area contributed by atoms with Gasteiger partial charge in [-0.1, -0.05) is 30.3 Å². The molecule has 0 atom stereocenters. The first-order chi connectivity index (χ1) is 9.38. The molecule has 0 aliphatic heterocycles. The molecule has 1 heterocycles. The van der Waals surface area contributed by atoms with Gasteiger partial charge in [0.05, 0.1) is 12.0 Å². The van der Waals surface area contributed by atoms with Crippen molar-refractivity contribution in [1.29, 1.82) is 0 Å². The number of rotatable bonds is 4. The van der Waals surface area contributed by atoms with Crippen molar-refractivity contribution in [3.05, 3.63) is 66.1 Å². The normalized spacial score (nSPS) is 11.0. The van der Waals surface area contributed by atoms with Gasteiger partial charge in [-0.3, -0.25) is 0 Å². The average molecular weight is 269 g/mol. The number of fused-ring (bicyclic) bond motifs is 1. The molecule has 0 saturated carbocycles. The van der Waals surface area contributed by atoms with Crippen LogP contribution in [0.3, 0.4) is 0 Å². The molecular formula is C16H15NOS. The Morgan fingerprint density at radius 2 is 1.79 bits per heavy atom. The van der Waals surface area contributed by atoms with E-state index in [9.17, 15) is 0 Å². The molecule has 0 spiro atoms. The lowest BCUT2D eigenvalue weighted by atomic mass is 10.0. The van der Waals surface area contributed by atoms with Crippen LogP contribution < -0.4 is 5.73 Å². The molecule has 0 aliphatic rings. The summed E-state index contributed by atoms with van der Waals surface area (Å²) in [5, 5.41) is 2.51. The van der Waals surface area contributed by atoms with Gasteiger partial charge in [0.1, 0.15) is 5.76 Å². The summed E-state index contributed by atoms with van der Waals surface area (Å²) in [6.45, 7) is 0.573. The summed E-state index contributed by atoms with van der Waals surface area (Å²) in [7, 11) is 0. The predicted octanol–water partition coefficient (Wildman–Crippen LogP) is 4.18. The highest BCUT2D eigenvalue weighted by atomic mass is 32.2. The van der Waals surface area contributed by atoms with Gasteiger partial charge in [-0.25, -0.2) is 0 Å². The Hall–Kier alpha value is -1.71. The van der Waals surface area contributed by atoms with E-state index in [1.54, 1.807) is 18.0 Å². The Balaban J connectivity index is 1.95. The van der Waals surface area contributed by atoms with E-state index >= 15 is 0 Å². The van der Waals surface area contributed by atoms with Crippen molar-refractivity contribution in [3.8, 4) is 0 Å². The molecule has 3 heteroatoms. The third-order valence-corrected chi connectivity index (χ3v) is 4.24. The summed E-state index contributed by atoms with van der Waals surface area (Å²) in [6, 6.07) is 16.6. The lowest BCUT2D eigenvalue weighted by molar-refractivity contribution is 0.530. The molecule has 0 amide bonds. The van der Waals surface area contributed by atoms with E-state index in [2.05, 4.69) is 36.4 Å². The van der Waals surface area contributed by atoms with E-state index in [1.807, 2.05) is 12.1 Å². The summed E-state index contributed by atoms with van der Waals surface area (Å²) in [5.41, 5.74) is 6.99. The van der Waals surface area contributed by atoms with Crippen molar-refractivity contribution in [2.75, 3.05) is 0 Å². The minimum Gasteiger partial charge on any atom is -0.468 e. The quantitative estimate of drug-likeness (QED) is 0.722. The Morgan fingerprint density at radius 1 is 0.947 bits per heavy atom. The van der Waals surface area contributed by atoms with Gasteiger partial charge in [-0.2, -0.15) is 0 Å². The molecule has 0 fully saturated rings. The molecule has 3 rings (SSSR count). The zero-order valence-corrected chi connectivity index (χ0v) is 11.3. The number of benzene rings is 2. The van der Waals surface area contributed by atoms with Crippen LogP contribution in [-0.2, 0) is 12.3 Å². The number of furan rings is 1. The molecule has 0 unspecified atom stereocenters. The fourth-order valence-electron chi connectivity index (χ4n) is 2.18. The van der Waals surface area contributed by atoms with Gasteiger partial charge >= 0.3 is 0 Å². The standard InChI is InChI=1S/C16H15NOS/c17-10-12-7-8-16(15-6-2-1-5-14(12)15)19-11-13-4-3-9-18-13/h1-9H,10-11,17H2. The van der Waals surface area contributed by atoms with Crippen LogP contribution in [0.5, 0.6) is 0 Å². The van der Waals surface area contributed by atoms with Crippen LogP contribution in [0.25, 0.3) is 10.8 Å². The molecule has 2 aromatic carbocycles. The number of hydrogen-bond donors (Lipinski definition) is 1. The molecule has 2 N–H and O–H groups in total. The Kier molecular flexibility index (Phi) is 3.58. The molecule has 0 aliphatic carbocycles. The van der Waals surface area contributed by atoms with Crippen molar-refractivity contribution < 1.29 is 4.42 Å². The van der Waals surface area contributed by atoms with Crippen LogP contribution in [-0.4, -0.2) is 0 Å². The molecular weight excluding hydrogens is 254 g/mol. The summed E-state index contributed by atoms with van der Waals surface area (Å²) < 4.78 is 5.37.